The molecular weight excluding hydrogens is 200 g/mol. The highest BCUT2D eigenvalue weighted by atomic mass is 16.5. The first-order valence-corrected chi connectivity index (χ1v) is 6.58. The fraction of sp³-hybridized carbons (Fsp3) is 1.00. The molecule has 3 atom stereocenters. The summed E-state index contributed by atoms with van der Waals surface area (Å²) in [5.41, 5.74) is 5.97. The van der Waals surface area contributed by atoms with E-state index in [1.807, 2.05) is 6.92 Å². The van der Waals surface area contributed by atoms with Crippen LogP contribution in [-0.2, 0) is 4.74 Å². The van der Waals surface area contributed by atoms with Crippen molar-refractivity contribution in [2.45, 2.75) is 52.1 Å². The first kappa shape index (κ1) is 13.9. The molecule has 96 valence electrons. The van der Waals surface area contributed by atoms with E-state index in [2.05, 4.69) is 25.7 Å². The maximum Gasteiger partial charge on any atom is 0.0660 e. The quantitative estimate of drug-likeness (QED) is 0.780. The lowest BCUT2D eigenvalue weighted by Gasteiger charge is -2.48. The second-order valence-electron chi connectivity index (χ2n) is 5.52. The number of ether oxygens (including phenoxy) is 1. The highest BCUT2D eigenvalue weighted by molar-refractivity contribution is 4.93. The Bertz CT molecular complexity index is 210. The van der Waals surface area contributed by atoms with Gasteiger partial charge in [0.05, 0.1) is 12.1 Å². The number of nitrogens with two attached hydrogens (primary N) is 1. The van der Waals surface area contributed by atoms with Crippen LogP contribution in [-0.4, -0.2) is 42.8 Å². The van der Waals surface area contributed by atoms with Gasteiger partial charge in [0.1, 0.15) is 0 Å². The van der Waals surface area contributed by atoms with Crippen LogP contribution >= 0.6 is 0 Å². The van der Waals surface area contributed by atoms with E-state index in [-0.39, 0.29) is 5.54 Å². The minimum atomic E-state index is 0.00407. The molecule has 1 heterocycles. The first-order chi connectivity index (χ1) is 7.53. The van der Waals surface area contributed by atoms with Crippen molar-refractivity contribution in [3.63, 3.8) is 0 Å². The van der Waals surface area contributed by atoms with Crippen LogP contribution in [0.1, 0.15) is 40.5 Å². The Morgan fingerprint density at radius 3 is 2.62 bits per heavy atom. The summed E-state index contributed by atoms with van der Waals surface area (Å²) < 4.78 is 5.60. The lowest BCUT2D eigenvalue weighted by Crippen LogP contribution is -2.60. The molecule has 0 bridgehead atoms. The van der Waals surface area contributed by atoms with Crippen LogP contribution in [0.3, 0.4) is 0 Å². The molecule has 16 heavy (non-hydrogen) atoms. The zero-order valence-electron chi connectivity index (χ0n) is 11.3. The summed E-state index contributed by atoms with van der Waals surface area (Å²) in [6, 6.07) is 0.630. The van der Waals surface area contributed by atoms with E-state index in [0.717, 1.165) is 25.7 Å². The number of likely N-dealkylation sites (tertiary alicyclic amines) is 1. The van der Waals surface area contributed by atoms with Gasteiger partial charge >= 0.3 is 0 Å². The second kappa shape index (κ2) is 5.99. The van der Waals surface area contributed by atoms with Crippen LogP contribution < -0.4 is 5.73 Å². The van der Waals surface area contributed by atoms with Gasteiger partial charge in [0, 0.05) is 25.7 Å². The van der Waals surface area contributed by atoms with Gasteiger partial charge in [-0.3, -0.25) is 4.90 Å². The Balaban J connectivity index is 2.68. The molecule has 1 aliphatic rings. The largest absolute Gasteiger partial charge is 0.380 e. The van der Waals surface area contributed by atoms with Gasteiger partial charge in [0.15, 0.2) is 0 Å². The summed E-state index contributed by atoms with van der Waals surface area (Å²) in [5.74, 6) is 0.781. The maximum absolute atomic E-state index is 5.96. The summed E-state index contributed by atoms with van der Waals surface area (Å²) in [4.78, 5) is 2.55. The summed E-state index contributed by atoms with van der Waals surface area (Å²) >= 11 is 0. The Morgan fingerprint density at radius 2 is 2.06 bits per heavy atom. The predicted molar refractivity (Wildman–Crippen MR) is 68.5 cm³/mol. The fourth-order valence-corrected chi connectivity index (χ4v) is 2.62. The second-order valence-corrected chi connectivity index (χ2v) is 5.52. The highest BCUT2D eigenvalue weighted by Gasteiger charge is 2.36. The molecule has 0 spiro atoms. The number of hydrogen-bond acceptors (Lipinski definition) is 3. The van der Waals surface area contributed by atoms with E-state index in [1.54, 1.807) is 0 Å². The molecule has 0 aromatic heterocycles. The zero-order valence-corrected chi connectivity index (χ0v) is 11.3. The molecule has 0 aromatic rings. The van der Waals surface area contributed by atoms with Crippen molar-refractivity contribution >= 4 is 0 Å². The van der Waals surface area contributed by atoms with Crippen molar-refractivity contribution in [2.24, 2.45) is 11.7 Å². The molecule has 3 heteroatoms. The average molecular weight is 228 g/mol. The SMILES string of the molecule is CCOCC(C)(CN)N1CC(C)CCC1C. The highest BCUT2D eigenvalue weighted by Crippen LogP contribution is 2.28. The molecule has 0 aliphatic carbocycles. The number of rotatable bonds is 5. The summed E-state index contributed by atoms with van der Waals surface area (Å²) in [5, 5.41) is 0. The average Bonchev–Trinajstić information content (AvgIpc) is 2.29. The fourth-order valence-electron chi connectivity index (χ4n) is 2.62. The molecule has 1 saturated heterocycles. The molecule has 1 fully saturated rings. The maximum atomic E-state index is 5.96. The monoisotopic (exact) mass is 228 g/mol. The van der Waals surface area contributed by atoms with Gasteiger partial charge in [-0.2, -0.15) is 0 Å². The van der Waals surface area contributed by atoms with E-state index in [0.29, 0.717) is 12.6 Å². The van der Waals surface area contributed by atoms with Crippen LogP contribution in [0, 0.1) is 5.92 Å². The number of hydrogen-bond donors (Lipinski definition) is 1. The molecule has 2 N–H and O–H groups in total. The molecular formula is C13H28N2O. The van der Waals surface area contributed by atoms with Crippen LogP contribution in [0.2, 0.25) is 0 Å². The topological polar surface area (TPSA) is 38.5 Å². The van der Waals surface area contributed by atoms with Crippen molar-refractivity contribution in [1.82, 2.24) is 4.90 Å². The Labute approximate surface area is 100 Å². The Hall–Kier alpha value is -0.120. The Morgan fingerprint density at radius 1 is 1.38 bits per heavy atom. The smallest absolute Gasteiger partial charge is 0.0660 e. The van der Waals surface area contributed by atoms with Gasteiger partial charge in [-0.25, -0.2) is 0 Å². The summed E-state index contributed by atoms with van der Waals surface area (Å²) in [7, 11) is 0. The van der Waals surface area contributed by atoms with E-state index < -0.39 is 0 Å². The molecule has 0 radical (unpaired) electrons. The first-order valence-electron chi connectivity index (χ1n) is 6.58. The van der Waals surface area contributed by atoms with Crippen LogP contribution in [0.4, 0.5) is 0 Å². The molecule has 3 nitrogen and oxygen atoms in total. The van der Waals surface area contributed by atoms with E-state index in [4.69, 9.17) is 10.5 Å². The standard InChI is InChI=1S/C13H28N2O/c1-5-16-10-13(4,9-14)15-8-11(2)6-7-12(15)3/h11-12H,5-10,14H2,1-4H3. The molecule has 1 aliphatic heterocycles. The van der Waals surface area contributed by atoms with Crippen molar-refractivity contribution in [3.05, 3.63) is 0 Å². The van der Waals surface area contributed by atoms with E-state index >= 15 is 0 Å². The predicted octanol–water partition coefficient (Wildman–Crippen LogP) is 1.86. The molecule has 0 amide bonds. The number of piperidine rings is 1. The minimum Gasteiger partial charge on any atom is -0.380 e. The molecule has 0 aromatic carbocycles. The van der Waals surface area contributed by atoms with Crippen LogP contribution in [0.15, 0.2) is 0 Å². The Kier molecular flexibility index (Phi) is 5.22. The zero-order chi connectivity index (χ0) is 12.2. The third kappa shape index (κ3) is 3.19. The van der Waals surface area contributed by atoms with Gasteiger partial charge in [-0.05, 0) is 39.5 Å². The third-order valence-corrected chi connectivity index (χ3v) is 3.87. The summed E-state index contributed by atoms with van der Waals surface area (Å²) in [6.45, 7) is 12.3. The van der Waals surface area contributed by atoms with Crippen molar-refractivity contribution in [2.75, 3.05) is 26.3 Å². The van der Waals surface area contributed by atoms with Crippen molar-refractivity contribution < 1.29 is 4.74 Å². The molecule has 0 saturated carbocycles. The lowest BCUT2D eigenvalue weighted by molar-refractivity contribution is -0.0341. The third-order valence-electron chi connectivity index (χ3n) is 3.87. The van der Waals surface area contributed by atoms with Gasteiger partial charge in [0.2, 0.25) is 0 Å². The number of nitrogens with zero attached hydrogens (tertiary/aromatic N) is 1. The van der Waals surface area contributed by atoms with Gasteiger partial charge in [-0.15, -0.1) is 0 Å². The van der Waals surface area contributed by atoms with Gasteiger partial charge in [-0.1, -0.05) is 6.92 Å². The van der Waals surface area contributed by atoms with Gasteiger partial charge < -0.3 is 10.5 Å². The van der Waals surface area contributed by atoms with Crippen molar-refractivity contribution in [3.8, 4) is 0 Å². The van der Waals surface area contributed by atoms with E-state index in [9.17, 15) is 0 Å². The van der Waals surface area contributed by atoms with Crippen LogP contribution in [0.5, 0.6) is 0 Å². The minimum absolute atomic E-state index is 0.00407. The molecule has 3 unspecified atom stereocenters. The van der Waals surface area contributed by atoms with Crippen LogP contribution in [0.25, 0.3) is 0 Å². The summed E-state index contributed by atoms with van der Waals surface area (Å²) in [6.07, 6.45) is 2.62. The lowest BCUT2D eigenvalue weighted by atomic mass is 9.88. The molecule has 1 rings (SSSR count). The van der Waals surface area contributed by atoms with Gasteiger partial charge in [0.25, 0.3) is 0 Å². The normalized spacial score (nSPS) is 31.3. The van der Waals surface area contributed by atoms with Crippen molar-refractivity contribution in [1.29, 1.82) is 0 Å². The van der Waals surface area contributed by atoms with E-state index in [1.165, 1.54) is 12.8 Å².